The van der Waals surface area contributed by atoms with Crippen molar-refractivity contribution in [3.05, 3.63) is 0 Å². The van der Waals surface area contributed by atoms with Gasteiger partial charge in [-0.2, -0.15) is 0 Å². The summed E-state index contributed by atoms with van der Waals surface area (Å²) in [6.45, 7) is 0.537. The van der Waals surface area contributed by atoms with Crippen molar-refractivity contribution in [2.45, 2.75) is 6.04 Å². The maximum Gasteiger partial charge on any atom is 0.326 e. The van der Waals surface area contributed by atoms with Crippen LogP contribution in [-0.2, 0) is 9.53 Å². The molecular weight excluding hydrogens is 94.0 g/mol. The molecule has 0 radical (unpaired) electrons. The highest BCUT2D eigenvalue weighted by molar-refractivity contribution is 5.80. The summed E-state index contributed by atoms with van der Waals surface area (Å²) in [4.78, 5) is 10.2. The molecule has 1 saturated heterocycles. The van der Waals surface area contributed by atoms with Crippen molar-refractivity contribution in [1.82, 2.24) is 5.32 Å². The topological polar surface area (TPSA) is 38.3 Å². The summed E-state index contributed by atoms with van der Waals surface area (Å²) in [5.74, 6) is -0.137. The molecule has 0 aromatic rings. The van der Waals surface area contributed by atoms with E-state index >= 15 is 0 Å². The summed E-state index contributed by atoms with van der Waals surface area (Å²) in [6, 6.07) is -0.0278. The van der Waals surface area contributed by atoms with Crippen LogP contribution in [-0.4, -0.2) is 25.7 Å². The first kappa shape index (κ1) is 4.59. The minimum absolute atomic E-state index is 0.0278. The third-order valence-corrected chi connectivity index (χ3v) is 1.03. The van der Waals surface area contributed by atoms with Gasteiger partial charge in [0, 0.05) is 0 Å². The van der Waals surface area contributed by atoms with E-state index in [1.807, 2.05) is 0 Å². The monoisotopic (exact) mass is 101 g/mol. The Morgan fingerprint density at radius 3 is 2.71 bits per heavy atom. The van der Waals surface area contributed by atoms with Crippen molar-refractivity contribution in [3.63, 3.8) is 0 Å². The number of ether oxygens (including phenoxy) is 1. The number of esters is 1. The van der Waals surface area contributed by atoms with E-state index < -0.39 is 0 Å². The highest BCUT2D eigenvalue weighted by atomic mass is 16.6. The molecule has 1 rings (SSSR count). The highest BCUT2D eigenvalue weighted by Crippen LogP contribution is 1.99. The van der Waals surface area contributed by atoms with Crippen LogP contribution in [0.4, 0.5) is 0 Å². The number of likely N-dealkylation sites (N-methyl/N-ethyl adjacent to an activating group) is 1. The van der Waals surface area contributed by atoms with Crippen molar-refractivity contribution in [3.8, 4) is 0 Å². The Morgan fingerprint density at radius 2 is 2.71 bits per heavy atom. The molecule has 1 N–H and O–H groups in total. The van der Waals surface area contributed by atoms with E-state index in [1.165, 1.54) is 0 Å². The van der Waals surface area contributed by atoms with Crippen LogP contribution in [0.1, 0.15) is 0 Å². The predicted octanol–water partition coefficient (Wildman–Crippen LogP) is -0.869. The standard InChI is InChI=1S/C4H7NO2/c1-5-3-2-7-4(3)6/h3,5H,2H2,1H3. The van der Waals surface area contributed by atoms with Gasteiger partial charge in [0.15, 0.2) is 0 Å². The molecule has 0 aromatic heterocycles. The molecule has 0 spiro atoms. The van der Waals surface area contributed by atoms with Gasteiger partial charge in [-0.25, -0.2) is 0 Å². The molecule has 0 aliphatic carbocycles. The van der Waals surface area contributed by atoms with E-state index in [4.69, 9.17) is 0 Å². The lowest BCUT2D eigenvalue weighted by molar-refractivity contribution is -0.162. The first-order chi connectivity index (χ1) is 3.34. The van der Waals surface area contributed by atoms with Crippen LogP contribution in [0.15, 0.2) is 0 Å². The maximum atomic E-state index is 10.2. The summed E-state index contributed by atoms with van der Waals surface area (Å²) >= 11 is 0. The zero-order chi connectivity index (χ0) is 5.28. The van der Waals surface area contributed by atoms with Gasteiger partial charge < -0.3 is 10.1 Å². The second-order valence-electron chi connectivity index (χ2n) is 1.47. The van der Waals surface area contributed by atoms with Gasteiger partial charge in [0.05, 0.1) is 0 Å². The Kier molecular flexibility index (Phi) is 0.982. The number of carbonyl (C=O) groups excluding carboxylic acids is 1. The average Bonchev–Trinajstić information content (AvgIpc) is 1.65. The second-order valence-corrected chi connectivity index (χ2v) is 1.47. The summed E-state index contributed by atoms with van der Waals surface area (Å²) in [7, 11) is 1.74. The predicted molar refractivity (Wildman–Crippen MR) is 23.8 cm³/mol. The second kappa shape index (κ2) is 1.50. The highest BCUT2D eigenvalue weighted by Gasteiger charge is 2.28. The molecule has 1 aliphatic rings. The summed E-state index contributed by atoms with van der Waals surface area (Å²) in [5.41, 5.74) is 0. The molecule has 0 amide bonds. The Bertz CT molecular complexity index is 89.7. The molecule has 3 nitrogen and oxygen atoms in total. The molecule has 3 heteroatoms. The lowest BCUT2D eigenvalue weighted by Crippen LogP contribution is -2.49. The molecular formula is C4H7NO2. The van der Waals surface area contributed by atoms with Crippen LogP contribution in [0.25, 0.3) is 0 Å². The molecule has 1 fully saturated rings. The SMILES string of the molecule is CNC1COC1=O. The zero-order valence-electron chi connectivity index (χ0n) is 4.10. The van der Waals surface area contributed by atoms with Crippen molar-refractivity contribution in [2.24, 2.45) is 0 Å². The van der Waals surface area contributed by atoms with Crippen LogP contribution in [0.2, 0.25) is 0 Å². The van der Waals surface area contributed by atoms with Crippen LogP contribution in [0, 0.1) is 0 Å². The lowest BCUT2D eigenvalue weighted by atomic mass is 10.2. The van der Waals surface area contributed by atoms with Crippen molar-refractivity contribution in [2.75, 3.05) is 13.7 Å². The minimum atomic E-state index is -0.137. The van der Waals surface area contributed by atoms with Gasteiger partial charge in [-0.05, 0) is 7.05 Å². The van der Waals surface area contributed by atoms with E-state index in [0.717, 1.165) is 0 Å². The molecule has 1 unspecified atom stereocenters. The summed E-state index contributed by atoms with van der Waals surface area (Å²) < 4.78 is 4.43. The first-order valence-corrected chi connectivity index (χ1v) is 2.18. The fourth-order valence-electron chi connectivity index (χ4n) is 0.436. The number of hydrogen-bond donors (Lipinski definition) is 1. The number of rotatable bonds is 1. The summed E-state index contributed by atoms with van der Waals surface area (Å²) in [5, 5.41) is 2.78. The van der Waals surface area contributed by atoms with E-state index in [2.05, 4.69) is 10.1 Å². The summed E-state index contributed by atoms with van der Waals surface area (Å²) in [6.07, 6.45) is 0. The molecule has 1 atom stereocenters. The molecule has 40 valence electrons. The molecule has 0 aromatic carbocycles. The number of carbonyl (C=O) groups is 1. The average molecular weight is 101 g/mol. The van der Waals surface area contributed by atoms with Crippen LogP contribution < -0.4 is 5.32 Å². The Balaban J connectivity index is 2.29. The van der Waals surface area contributed by atoms with Crippen LogP contribution in [0.5, 0.6) is 0 Å². The third kappa shape index (κ3) is 0.587. The zero-order valence-corrected chi connectivity index (χ0v) is 4.10. The fourth-order valence-corrected chi connectivity index (χ4v) is 0.436. The smallest absolute Gasteiger partial charge is 0.326 e. The van der Waals surface area contributed by atoms with Gasteiger partial charge in [0.25, 0.3) is 0 Å². The van der Waals surface area contributed by atoms with Crippen LogP contribution >= 0.6 is 0 Å². The Labute approximate surface area is 41.7 Å². The van der Waals surface area contributed by atoms with Crippen LogP contribution in [0.3, 0.4) is 0 Å². The largest absolute Gasteiger partial charge is 0.462 e. The van der Waals surface area contributed by atoms with Gasteiger partial charge in [0.2, 0.25) is 0 Å². The van der Waals surface area contributed by atoms with Gasteiger partial charge in [-0.15, -0.1) is 0 Å². The maximum absolute atomic E-state index is 10.2. The van der Waals surface area contributed by atoms with E-state index in [0.29, 0.717) is 6.61 Å². The third-order valence-electron chi connectivity index (χ3n) is 1.03. The van der Waals surface area contributed by atoms with Crippen molar-refractivity contribution < 1.29 is 9.53 Å². The Hall–Kier alpha value is -0.570. The van der Waals surface area contributed by atoms with Gasteiger partial charge in [-0.1, -0.05) is 0 Å². The number of nitrogens with one attached hydrogen (secondary N) is 1. The molecule has 1 aliphatic heterocycles. The fraction of sp³-hybridized carbons (Fsp3) is 0.750. The van der Waals surface area contributed by atoms with E-state index in [-0.39, 0.29) is 12.0 Å². The minimum Gasteiger partial charge on any atom is -0.462 e. The molecule has 0 saturated carbocycles. The molecule has 1 heterocycles. The van der Waals surface area contributed by atoms with Crippen molar-refractivity contribution >= 4 is 5.97 Å². The normalized spacial score (nSPS) is 28.7. The number of hydrogen-bond acceptors (Lipinski definition) is 3. The van der Waals surface area contributed by atoms with E-state index in [1.54, 1.807) is 7.05 Å². The van der Waals surface area contributed by atoms with Gasteiger partial charge in [0.1, 0.15) is 12.6 Å². The van der Waals surface area contributed by atoms with E-state index in [9.17, 15) is 4.79 Å². The lowest BCUT2D eigenvalue weighted by Gasteiger charge is -2.22. The molecule has 0 bridgehead atoms. The first-order valence-electron chi connectivity index (χ1n) is 2.18. The van der Waals surface area contributed by atoms with Gasteiger partial charge >= 0.3 is 5.97 Å². The van der Waals surface area contributed by atoms with Gasteiger partial charge in [-0.3, -0.25) is 4.79 Å². The Morgan fingerprint density at radius 1 is 2.00 bits per heavy atom. The quantitative estimate of drug-likeness (QED) is 0.436. The number of cyclic esters (lactones) is 1. The van der Waals surface area contributed by atoms with Crippen molar-refractivity contribution in [1.29, 1.82) is 0 Å². The molecule has 7 heavy (non-hydrogen) atoms.